The molecule has 106 valence electrons. The molecular formula is C15H18N2O3. The molecule has 0 unspecified atom stereocenters. The smallest absolute Gasteiger partial charge is 0.267 e. The van der Waals surface area contributed by atoms with Gasteiger partial charge < -0.3 is 15.0 Å². The molecule has 0 aliphatic carbocycles. The van der Waals surface area contributed by atoms with E-state index in [9.17, 15) is 14.7 Å². The van der Waals surface area contributed by atoms with Crippen molar-refractivity contribution in [3.05, 3.63) is 40.2 Å². The topological polar surface area (TPSA) is 71.3 Å². The Morgan fingerprint density at radius 1 is 1.35 bits per heavy atom. The largest absolute Gasteiger partial charge is 0.506 e. The quantitative estimate of drug-likeness (QED) is 0.893. The fourth-order valence-electron chi connectivity index (χ4n) is 2.07. The summed E-state index contributed by atoms with van der Waals surface area (Å²) in [6.45, 7) is 4.37. The Kier molecular flexibility index (Phi) is 3.79. The molecule has 2 rings (SSSR count). The SMILES string of the molecule is CC(C)CNC(=O)c1c(O)c2ccccc2n(C)c1=O. The van der Waals surface area contributed by atoms with Gasteiger partial charge in [0.25, 0.3) is 11.5 Å². The van der Waals surface area contributed by atoms with E-state index in [0.717, 1.165) is 0 Å². The first kappa shape index (κ1) is 14.1. The molecule has 1 aromatic carbocycles. The maximum absolute atomic E-state index is 12.2. The van der Waals surface area contributed by atoms with Crippen molar-refractivity contribution in [2.75, 3.05) is 6.54 Å². The van der Waals surface area contributed by atoms with E-state index in [1.54, 1.807) is 31.3 Å². The predicted molar refractivity (Wildman–Crippen MR) is 78.0 cm³/mol. The Hall–Kier alpha value is -2.30. The number of amides is 1. The first-order valence-corrected chi connectivity index (χ1v) is 6.52. The van der Waals surface area contributed by atoms with E-state index in [0.29, 0.717) is 17.4 Å². The van der Waals surface area contributed by atoms with Gasteiger partial charge in [-0.05, 0) is 18.1 Å². The van der Waals surface area contributed by atoms with Gasteiger partial charge in [-0.1, -0.05) is 26.0 Å². The standard InChI is InChI=1S/C15H18N2O3/c1-9(2)8-16-14(19)12-13(18)10-6-4-5-7-11(10)17(3)15(12)20/h4-7,9,18H,8H2,1-3H3,(H,16,19). The molecule has 0 spiro atoms. The van der Waals surface area contributed by atoms with Crippen LogP contribution in [-0.4, -0.2) is 22.1 Å². The molecule has 0 radical (unpaired) electrons. The average molecular weight is 274 g/mol. The number of hydrogen-bond donors (Lipinski definition) is 2. The summed E-state index contributed by atoms with van der Waals surface area (Å²) < 4.78 is 1.37. The summed E-state index contributed by atoms with van der Waals surface area (Å²) in [6.07, 6.45) is 0. The fraction of sp³-hybridized carbons (Fsp3) is 0.333. The first-order chi connectivity index (χ1) is 9.43. The Bertz CT molecular complexity index is 717. The number of carbonyl (C=O) groups excluding carboxylic acids is 1. The van der Waals surface area contributed by atoms with Gasteiger partial charge in [0.05, 0.1) is 5.52 Å². The summed E-state index contributed by atoms with van der Waals surface area (Å²) in [5, 5.41) is 13.4. The highest BCUT2D eigenvalue weighted by Crippen LogP contribution is 2.25. The van der Waals surface area contributed by atoms with Gasteiger partial charge in [-0.15, -0.1) is 0 Å². The summed E-state index contributed by atoms with van der Waals surface area (Å²) in [6, 6.07) is 6.94. The van der Waals surface area contributed by atoms with E-state index in [-0.39, 0.29) is 17.2 Å². The normalized spacial score (nSPS) is 11.0. The molecule has 0 aliphatic rings. The zero-order valence-electron chi connectivity index (χ0n) is 11.8. The van der Waals surface area contributed by atoms with Crippen molar-refractivity contribution in [2.24, 2.45) is 13.0 Å². The molecule has 0 atom stereocenters. The van der Waals surface area contributed by atoms with Crippen LogP contribution in [0.4, 0.5) is 0 Å². The van der Waals surface area contributed by atoms with Crippen LogP contribution in [0.3, 0.4) is 0 Å². The van der Waals surface area contributed by atoms with Crippen LogP contribution in [0, 0.1) is 5.92 Å². The minimum atomic E-state index is -0.539. The number of fused-ring (bicyclic) bond motifs is 1. The number of rotatable bonds is 3. The predicted octanol–water partition coefficient (Wildman–Crippen LogP) is 1.63. The third-order valence-electron chi connectivity index (χ3n) is 3.17. The van der Waals surface area contributed by atoms with Crippen molar-refractivity contribution in [1.82, 2.24) is 9.88 Å². The number of aryl methyl sites for hydroxylation is 1. The molecular weight excluding hydrogens is 256 g/mol. The van der Waals surface area contributed by atoms with Gasteiger partial charge in [-0.3, -0.25) is 9.59 Å². The number of aromatic hydroxyl groups is 1. The number of carbonyl (C=O) groups is 1. The third-order valence-corrected chi connectivity index (χ3v) is 3.17. The molecule has 1 aromatic heterocycles. The Morgan fingerprint density at radius 3 is 2.65 bits per heavy atom. The second-order valence-electron chi connectivity index (χ2n) is 5.21. The van der Waals surface area contributed by atoms with Crippen molar-refractivity contribution in [1.29, 1.82) is 0 Å². The van der Waals surface area contributed by atoms with Gasteiger partial charge in [0.15, 0.2) is 0 Å². The molecule has 0 aliphatic heterocycles. The van der Waals surface area contributed by atoms with Crippen molar-refractivity contribution >= 4 is 16.8 Å². The Labute approximate surface area is 116 Å². The van der Waals surface area contributed by atoms with Gasteiger partial charge in [0.2, 0.25) is 0 Å². The minimum Gasteiger partial charge on any atom is -0.506 e. The molecule has 0 bridgehead atoms. The molecule has 0 fully saturated rings. The molecule has 2 N–H and O–H groups in total. The summed E-state index contributed by atoms with van der Waals surface area (Å²) in [4.78, 5) is 24.3. The summed E-state index contributed by atoms with van der Waals surface area (Å²) in [5.74, 6) is -0.530. The highest BCUT2D eigenvalue weighted by Gasteiger charge is 2.20. The molecule has 1 heterocycles. The van der Waals surface area contributed by atoms with Gasteiger partial charge in [0.1, 0.15) is 11.3 Å². The summed E-state index contributed by atoms with van der Waals surface area (Å²) in [7, 11) is 1.59. The summed E-state index contributed by atoms with van der Waals surface area (Å²) in [5.41, 5.74) is -0.107. The lowest BCUT2D eigenvalue weighted by Crippen LogP contribution is -2.34. The number of nitrogens with zero attached hydrogens (tertiary/aromatic N) is 1. The van der Waals surface area contributed by atoms with E-state index < -0.39 is 11.5 Å². The number of benzene rings is 1. The molecule has 5 heteroatoms. The molecule has 20 heavy (non-hydrogen) atoms. The fourth-order valence-corrected chi connectivity index (χ4v) is 2.07. The molecule has 5 nitrogen and oxygen atoms in total. The molecule has 2 aromatic rings. The van der Waals surface area contributed by atoms with Gasteiger partial charge in [0, 0.05) is 19.0 Å². The highest BCUT2D eigenvalue weighted by molar-refractivity contribution is 6.02. The van der Waals surface area contributed by atoms with E-state index in [2.05, 4.69) is 5.32 Å². The van der Waals surface area contributed by atoms with Crippen molar-refractivity contribution < 1.29 is 9.90 Å². The van der Waals surface area contributed by atoms with Crippen LogP contribution in [0.25, 0.3) is 10.9 Å². The van der Waals surface area contributed by atoms with E-state index in [1.165, 1.54) is 4.57 Å². The highest BCUT2D eigenvalue weighted by atomic mass is 16.3. The summed E-state index contributed by atoms with van der Waals surface area (Å²) >= 11 is 0. The van der Waals surface area contributed by atoms with Crippen LogP contribution in [0.15, 0.2) is 29.1 Å². The van der Waals surface area contributed by atoms with Gasteiger partial charge >= 0.3 is 0 Å². The van der Waals surface area contributed by atoms with Crippen LogP contribution >= 0.6 is 0 Å². The minimum absolute atomic E-state index is 0.202. The van der Waals surface area contributed by atoms with Gasteiger partial charge in [-0.2, -0.15) is 0 Å². The van der Waals surface area contributed by atoms with E-state index in [4.69, 9.17) is 0 Å². The van der Waals surface area contributed by atoms with Crippen molar-refractivity contribution in [2.45, 2.75) is 13.8 Å². The second kappa shape index (κ2) is 5.36. The Morgan fingerprint density at radius 2 is 2.00 bits per heavy atom. The first-order valence-electron chi connectivity index (χ1n) is 6.52. The maximum Gasteiger partial charge on any atom is 0.267 e. The lowest BCUT2D eigenvalue weighted by atomic mass is 10.1. The number of pyridine rings is 1. The number of aromatic nitrogens is 1. The van der Waals surface area contributed by atoms with Gasteiger partial charge in [-0.25, -0.2) is 0 Å². The van der Waals surface area contributed by atoms with Crippen LogP contribution in [0.2, 0.25) is 0 Å². The van der Waals surface area contributed by atoms with Crippen LogP contribution in [-0.2, 0) is 7.05 Å². The molecule has 1 amide bonds. The van der Waals surface area contributed by atoms with Crippen LogP contribution in [0.5, 0.6) is 5.75 Å². The average Bonchev–Trinajstić information content (AvgIpc) is 2.43. The maximum atomic E-state index is 12.2. The number of nitrogens with one attached hydrogen (secondary N) is 1. The van der Waals surface area contributed by atoms with Crippen LogP contribution in [0.1, 0.15) is 24.2 Å². The number of para-hydroxylation sites is 1. The van der Waals surface area contributed by atoms with E-state index in [1.807, 2.05) is 13.8 Å². The molecule has 0 saturated heterocycles. The van der Waals surface area contributed by atoms with Crippen LogP contribution < -0.4 is 10.9 Å². The monoisotopic (exact) mass is 274 g/mol. The number of hydrogen-bond acceptors (Lipinski definition) is 3. The molecule has 0 saturated carbocycles. The van der Waals surface area contributed by atoms with Crippen molar-refractivity contribution in [3.63, 3.8) is 0 Å². The van der Waals surface area contributed by atoms with E-state index >= 15 is 0 Å². The zero-order chi connectivity index (χ0) is 14.9. The zero-order valence-corrected chi connectivity index (χ0v) is 11.8. The van der Waals surface area contributed by atoms with Crippen molar-refractivity contribution in [3.8, 4) is 5.75 Å². The second-order valence-corrected chi connectivity index (χ2v) is 5.21. The Balaban J connectivity index is 2.59. The third kappa shape index (κ3) is 2.39. The lowest BCUT2D eigenvalue weighted by Gasteiger charge is -2.12. The lowest BCUT2D eigenvalue weighted by molar-refractivity contribution is 0.0944.